The molecule has 2 nitrogen and oxygen atoms in total. The van der Waals surface area contributed by atoms with Gasteiger partial charge in [-0.2, -0.15) is 0 Å². The SMILES string of the molecule is CN(C)Cc1ccccc1-c1ccc(CCN)cc1. The van der Waals surface area contributed by atoms with Gasteiger partial charge in [-0.1, -0.05) is 48.5 Å². The zero-order chi connectivity index (χ0) is 13.7. The molecule has 0 spiro atoms. The van der Waals surface area contributed by atoms with Gasteiger partial charge in [-0.25, -0.2) is 0 Å². The quantitative estimate of drug-likeness (QED) is 0.889. The van der Waals surface area contributed by atoms with Crippen LogP contribution in [0.3, 0.4) is 0 Å². The van der Waals surface area contributed by atoms with E-state index in [2.05, 4.69) is 67.5 Å². The van der Waals surface area contributed by atoms with Crippen molar-refractivity contribution in [3.8, 4) is 11.1 Å². The maximum absolute atomic E-state index is 5.58. The third-order valence-electron chi connectivity index (χ3n) is 3.20. The third-order valence-corrected chi connectivity index (χ3v) is 3.20. The molecule has 0 atom stereocenters. The molecule has 2 heteroatoms. The summed E-state index contributed by atoms with van der Waals surface area (Å²) in [5, 5.41) is 0. The molecule has 0 aliphatic carbocycles. The van der Waals surface area contributed by atoms with Crippen molar-refractivity contribution in [2.24, 2.45) is 5.73 Å². The number of rotatable bonds is 5. The molecule has 100 valence electrons. The van der Waals surface area contributed by atoms with E-state index in [0.717, 1.165) is 13.0 Å². The summed E-state index contributed by atoms with van der Waals surface area (Å²) in [6.07, 6.45) is 0.944. The maximum atomic E-state index is 5.58. The van der Waals surface area contributed by atoms with Crippen molar-refractivity contribution in [1.29, 1.82) is 0 Å². The summed E-state index contributed by atoms with van der Waals surface area (Å²) in [5.74, 6) is 0. The lowest BCUT2D eigenvalue weighted by Gasteiger charge is -2.14. The minimum atomic E-state index is 0.705. The highest BCUT2D eigenvalue weighted by Gasteiger charge is 2.05. The van der Waals surface area contributed by atoms with Crippen LogP contribution >= 0.6 is 0 Å². The number of hydrogen-bond acceptors (Lipinski definition) is 2. The Morgan fingerprint density at radius 3 is 2.26 bits per heavy atom. The highest BCUT2D eigenvalue weighted by atomic mass is 15.0. The first-order chi connectivity index (χ1) is 9.20. The van der Waals surface area contributed by atoms with E-state index in [1.807, 2.05) is 0 Å². The van der Waals surface area contributed by atoms with E-state index in [-0.39, 0.29) is 0 Å². The molecular formula is C17H22N2. The van der Waals surface area contributed by atoms with Crippen molar-refractivity contribution in [2.75, 3.05) is 20.6 Å². The van der Waals surface area contributed by atoms with E-state index >= 15 is 0 Å². The minimum absolute atomic E-state index is 0.705. The van der Waals surface area contributed by atoms with Crippen LogP contribution in [0.15, 0.2) is 48.5 Å². The predicted molar refractivity (Wildman–Crippen MR) is 82.0 cm³/mol. The van der Waals surface area contributed by atoms with Gasteiger partial charge in [0, 0.05) is 6.54 Å². The number of nitrogens with two attached hydrogens (primary N) is 1. The molecule has 2 N–H and O–H groups in total. The lowest BCUT2D eigenvalue weighted by molar-refractivity contribution is 0.403. The first kappa shape index (κ1) is 13.8. The molecule has 0 saturated carbocycles. The number of benzene rings is 2. The monoisotopic (exact) mass is 254 g/mol. The molecule has 0 fully saturated rings. The highest BCUT2D eigenvalue weighted by molar-refractivity contribution is 5.67. The van der Waals surface area contributed by atoms with Gasteiger partial charge >= 0.3 is 0 Å². The summed E-state index contributed by atoms with van der Waals surface area (Å²) >= 11 is 0. The summed E-state index contributed by atoms with van der Waals surface area (Å²) in [6, 6.07) is 17.3. The van der Waals surface area contributed by atoms with E-state index in [1.54, 1.807) is 0 Å². The normalized spacial score (nSPS) is 10.9. The molecule has 0 unspecified atom stereocenters. The molecule has 2 rings (SSSR count). The van der Waals surface area contributed by atoms with Crippen LogP contribution in [0.4, 0.5) is 0 Å². The van der Waals surface area contributed by atoms with Crippen molar-refractivity contribution in [3.05, 3.63) is 59.7 Å². The second-order valence-corrected chi connectivity index (χ2v) is 5.13. The fraction of sp³-hybridized carbons (Fsp3) is 0.294. The molecule has 0 radical (unpaired) electrons. The van der Waals surface area contributed by atoms with E-state index in [1.165, 1.54) is 22.3 Å². The molecule has 0 aliphatic rings. The van der Waals surface area contributed by atoms with Crippen LogP contribution < -0.4 is 5.73 Å². The second-order valence-electron chi connectivity index (χ2n) is 5.13. The molecule has 2 aromatic rings. The Bertz CT molecular complexity index is 515. The van der Waals surface area contributed by atoms with Gasteiger partial charge in [-0.05, 0) is 49.3 Å². The van der Waals surface area contributed by atoms with Gasteiger partial charge in [0.15, 0.2) is 0 Å². The van der Waals surface area contributed by atoms with Gasteiger partial charge < -0.3 is 10.6 Å². The van der Waals surface area contributed by atoms with Gasteiger partial charge in [0.25, 0.3) is 0 Å². The standard InChI is InChI=1S/C17H22N2/c1-19(2)13-16-5-3-4-6-17(16)15-9-7-14(8-10-15)11-12-18/h3-10H,11-13,18H2,1-2H3. The Morgan fingerprint density at radius 2 is 1.63 bits per heavy atom. The smallest absolute Gasteiger partial charge is 0.0233 e. The zero-order valence-corrected chi connectivity index (χ0v) is 11.8. The Kier molecular flexibility index (Phi) is 4.72. The van der Waals surface area contributed by atoms with E-state index in [9.17, 15) is 0 Å². The third kappa shape index (κ3) is 3.66. The molecular weight excluding hydrogens is 232 g/mol. The van der Waals surface area contributed by atoms with Gasteiger partial charge in [0.05, 0.1) is 0 Å². The summed E-state index contributed by atoms with van der Waals surface area (Å²) in [5.41, 5.74) is 10.8. The summed E-state index contributed by atoms with van der Waals surface area (Å²) in [4.78, 5) is 2.20. The highest BCUT2D eigenvalue weighted by Crippen LogP contribution is 2.24. The Balaban J connectivity index is 2.30. The van der Waals surface area contributed by atoms with Crippen LogP contribution in [0.5, 0.6) is 0 Å². The van der Waals surface area contributed by atoms with Crippen LogP contribution in [-0.2, 0) is 13.0 Å². The van der Waals surface area contributed by atoms with Crippen LogP contribution in [0, 0.1) is 0 Å². The largest absolute Gasteiger partial charge is 0.330 e. The first-order valence-corrected chi connectivity index (χ1v) is 6.72. The molecule has 0 heterocycles. The number of hydrogen-bond donors (Lipinski definition) is 1. The second kappa shape index (κ2) is 6.50. The van der Waals surface area contributed by atoms with E-state index in [4.69, 9.17) is 5.73 Å². The molecule has 0 saturated heterocycles. The Labute approximate surface area is 115 Å². The van der Waals surface area contributed by atoms with Gasteiger partial charge in [-0.3, -0.25) is 0 Å². The molecule has 19 heavy (non-hydrogen) atoms. The van der Waals surface area contributed by atoms with Crippen molar-refractivity contribution < 1.29 is 0 Å². The molecule has 2 aromatic carbocycles. The van der Waals surface area contributed by atoms with Gasteiger partial charge in [-0.15, -0.1) is 0 Å². The maximum Gasteiger partial charge on any atom is 0.0233 e. The van der Waals surface area contributed by atoms with E-state index in [0.29, 0.717) is 6.54 Å². The van der Waals surface area contributed by atoms with E-state index < -0.39 is 0 Å². The summed E-state index contributed by atoms with van der Waals surface area (Å²) < 4.78 is 0. The average molecular weight is 254 g/mol. The van der Waals surface area contributed by atoms with Crippen LogP contribution in [-0.4, -0.2) is 25.5 Å². The van der Waals surface area contributed by atoms with Crippen molar-refractivity contribution in [3.63, 3.8) is 0 Å². The fourth-order valence-corrected chi connectivity index (χ4v) is 2.30. The average Bonchev–Trinajstić information content (AvgIpc) is 2.40. The topological polar surface area (TPSA) is 29.3 Å². The molecule has 0 bridgehead atoms. The lowest BCUT2D eigenvalue weighted by atomic mass is 9.98. The first-order valence-electron chi connectivity index (χ1n) is 6.72. The van der Waals surface area contributed by atoms with Crippen LogP contribution in [0.2, 0.25) is 0 Å². The molecule has 0 aliphatic heterocycles. The molecule has 0 aromatic heterocycles. The minimum Gasteiger partial charge on any atom is -0.330 e. The van der Waals surface area contributed by atoms with Crippen molar-refractivity contribution in [2.45, 2.75) is 13.0 Å². The van der Waals surface area contributed by atoms with Crippen molar-refractivity contribution in [1.82, 2.24) is 4.90 Å². The Hall–Kier alpha value is -1.64. The van der Waals surface area contributed by atoms with Gasteiger partial charge in [0.1, 0.15) is 0 Å². The summed E-state index contributed by atoms with van der Waals surface area (Å²) in [6.45, 7) is 1.66. The number of nitrogens with zero attached hydrogens (tertiary/aromatic N) is 1. The van der Waals surface area contributed by atoms with Crippen LogP contribution in [0.25, 0.3) is 11.1 Å². The Morgan fingerprint density at radius 1 is 0.947 bits per heavy atom. The lowest BCUT2D eigenvalue weighted by Crippen LogP contribution is -2.11. The van der Waals surface area contributed by atoms with Gasteiger partial charge in [0.2, 0.25) is 0 Å². The predicted octanol–water partition coefficient (Wildman–Crippen LogP) is 2.92. The summed E-state index contributed by atoms with van der Waals surface area (Å²) in [7, 11) is 4.20. The van der Waals surface area contributed by atoms with Crippen LogP contribution in [0.1, 0.15) is 11.1 Å². The fourth-order valence-electron chi connectivity index (χ4n) is 2.30. The zero-order valence-electron chi connectivity index (χ0n) is 11.8. The van der Waals surface area contributed by atoms with Crippen molar-refractivity contribution >= 4 is 0 Å². The molecule has 0 amide bonds.